The van der Waals surface area contributed by atoms with Gasteiger partial charge in [-0.1, -0.05) is 76.3 Å². The first-order valence-corrected chi connectivity index (χ1v) is 16.0. The molecule has 2 heterocycles. The Hall–Kier alpha value is -2.78. The Morgan fingerprint density at radius 3 is 2.49 bits per heavy atom. The molecule has 2 aliphatic heterocycles. The summed E-state index contributed by atoms with van der Waals surface area (Å²) in [5.41, 5.74) is 0.275. The van der Waals surface area contributed by atoms with Crippen molar-refractivity contribution < 1.29 is 24.0 Å². The molecule has 0 unspecified atom stereocenters. The molecule has 4 atom stereocenters. The third-order valence-electron chi connectivity index (χ3n) is 9.61. The van der Waals surface area contributed by atoms with Gasteiger partial charge in [0.25, 0.3) is 0 Å². The molecule has 0 bridgehead atoms. The van der Waals surface area contributed by atoms with Crippen LogP contribution in [-0.4, -0.2) is 70.8 Å². The van der Waals surface area contributed by atoms with Crippen molar-refractivity contribution in [2.24, 2.45) is 21.9 Å². The van der Waals surface area contributed by atoms with Crippen molar-refractivity contribution in [3.63, 3.8) is 0 Å². The van der Waals surface area contributed by atoms with E-state index in [9.17, 15) is 19.2 Å². The number of nitrogens with one attached hydrogen (secondary N) is 2. The maximum absolute atomic E-state index is 14.0. The van der Waals surface area contributed by atoms with Crippen LogP contribution >= 0.6 is 11.6 Å². The van der Waals surface area contributed by atoms with Crippen LogP contribution in [0.3, 0.4) is 0 Å². The third kappa shape index (κ3) is 7.31. The lowest BCUT2D eigenvalue weighted by atomic mass is 9.85. The maximum Gasteiger partial charge on any atom is 0.238 e. The van der Waals surface area contributed by atoms with Crippen molar-refractivity contribution in [1.82, 2.24) is 15.5 Å². The van der Waals surface area contributed by atoms with Crippen molar-refractivity contribution in [3.05, 3.63) is 34.9 Å². The SMILES string of the molecule is CCC(=O)C(=O)[C@H](CC1CC1)NC(=O)[C@@H]1C[C@]2(CC(c3cccc(Cl)c3)=NO2)CN1C[C@@H](NC(=O)C1(C)CC1)C(C)(C)C. The van der Waals surface area contributed by atoms with Crippen molar-refractivity contribution in [3.8, 4) is 0 Å². The Kier molecular flexibility index (Phi) is 8.80. The molecule has 1 aromatic rings. The van der Waals surface area contributed by atoms with E-state index in [4.69, 9.17) is 16.4 Å². The minimum atomic E-state index is -0.832. The van der Waals surface area contributed by atoms with Crippen LogP contribution in [0.4, 0.5) is 0 Å². The summed E-state index contributed by atoms with van der Waals surface area (Å²) in [6.07, 6.45) is 5.20. The average Bonchev–Trinajstić information content (AvgIpc) is 3.86. The number of ketones is 2. The summed E-state index contributed by atoms with van der Waals surface area (Å²) in [5, 5.41) is 11.3. The second-order valence-corrected chi connectivity index (χ2v) is 14.9. The summed E-state index contributed by atoms with van der Waals surface area (Å²) in [5.74, 6) is -0.898. The molecule has 43 heavy (non-hydrogen) atoms. The van der Waals surface area contributed by atoms with Gasteiger partial charge in [-0.05, 0) is 42.7 Å². The normalized spacial score (nSPS) is 25.9. The van der Waals surface area contributed by atoms with Gasteiger partial charge in [-0.2, -0.15) is 0 Å². The number of amides is 2. The number of carbonyl (C=O) groups is 4. The summed E-state index contributed by atoms with van der Waals surface area (Å²) < 4.78 is 0. The molecular formula is C33H45ClN4O5. The van der Waals surface area contributed by atoms with E-state index in [1.165, 1.54) is 0 Å². The van der Waals surface area contributed by atoms with E-state index < -0.39 is 29.3 Å². The van der Waals surface area contributed by atoms with Gasteiger partial charge in [0.15, 0.2) is 11.4 Å². The molecule has 4 aliphatic rings. The van der Waals surface area contributed by atoms with Gasteiger partial charge < -0.3 is 15.5 Å². The Morgan fingerprint density at radius 1 is 1.16 bits per heavy atom. The second-order valence-electron chi connectivity index (χ2n) is 14.5. The molecule has 1 aromatic carbocycles. The second kappa shape index (κ2) is 12.0. The van der Waals surface area contributed by atoms with Gasteiger partial charge in [-0.15, -0.1) is 0 Å². The molecule has 2 amide bonds. The molecule has 2 saturated carbocycles. The molecular weight excluding hydrogens is 568 g/mol. The fraction of sp³-hybridized carbons (Fsp3) is 0.667. The minimum Gasteiger partial charge on any atom is -0.387 e. The van der Waals surface area contributed by atoms with Crippen LogP contribution in [0.1, 0.15) is 91.5 Å². The molecule has 2 N–H and O–H groups in total. The molecule has 0 aromatic heterocycles. The van der Waals surface area contributed by atoms with Crippen LogP contribution in [0.5, 0.6) is 0 Å². The number of hydrogen-bond acceptors (Lipinski definition) is 7. The van der Waals surface area contributed by atoms with Gasteiger partial charge in [0, 0.05) is 54.4 Å². The van der Waals surface area contributed by atoms with Gasteiger partial charge in [0.2, 0.25) is 17.6 Å². The zero-order valence-corrected chi connectivity index (χ0v) is 26.8. The number of likely N-dealkylation sites (tertiary alicyclic amines) is 1. The number of hydrogen-bond donors (Lipinski definition) is 2. The van der Waals surface area contributed by atoms with E-state index in [0.29, 0.717) is 43.3 Å². The van der Waals surface area contributed by atoms with E-state index in [0.717, 1.165) is 37.0 Å². The zero-order chi connectivity index (χ0) is 31.2. The lowest BCUT2D eigenvalue weighted by Gasteiger charge is -2.37. The first kappa shape index (κ1) is 31.6. The Balaban J connectivity index is 1.38. The van der Waals surface area contributed by atoms with Gasteiger partial charge in [0.05, 0.1) is 17.8 Å². The molecule has 9 nitrogen and oxygen atoms in total. The monoisotopic (exact) mass is 612 g/mol. The van der Waals surface area contributed by atoms with Gasteiger partial charge in [-0.25, -0.2) is 0 Å². The van der Waals surface area contributed by atoms with Crippen molar-refractivity contribution in [2.45, 2.75) is 110 Å². The van der Waals surface area contributed by atoms with Crippen LogP contribution in [0.25, 0.3) is 0 Å². The highest BCUT2D eigenvalue weighted by atomic mass is 35.5. The first-order valence-electron chi connectivity index (χ1n) is 15.7. The van der Waals surface area contributed by atoms with Gasteiger partial charge in [-0.3, -0.25) is 24.1 Å². The van der Waals surface area contributed by atoms with E-state index in [1.54, 1.807) is 13.0 Å². The first-order chi connectivity index (χ1) is 20.2. The van der Waals surface area contributed by atoms with Crippen molar-refractivity contribution in [2.75, 3.05) is 13.1 Å². The molecule has 0 radical (unpaired) electrons. The summed E-state index contributed by atoms with van der Waals surface area (Å²) >= 11 is 6.24. The Labute approximate surface area is 259 Å². The smallest absolute Gasteiger partial charge is 0.238 e. The standard InChI is InChI=1S/C33H45ClN4O5/c1-6-26(39)28(40)23(14-20-10-11-20)35-29(41)25-17-33(16-24(37-43-33)21-8-7-9-22(34)15-21)19-38(25)18-27(31(2,3)4)36-30(42)32(5)12-13-32/h7-9,15,20,23,25,27H,6,10-14,16-19H2,1-5H3,(H,35,41)(H,36,42)/t23-,25-,27+,33+/m0/s1. The van der Waals surface area contributed by atoms with E-state index in [1.807, 2.05) is 25.1 Å². The van der Waals surface area contributed by atoms with Crippen LogP contribution in [-0.2, 0) is 24.0 Å². The van der Waals surface area contributed by atoms with Crippen LogP contribution < -0.4 is 10.6 Å². The number of oxime groups is 1. The van der Waals surface area contributed by atoms with Gasteiger partial charge in [0.1, 0.15) is 0 Å². The molecule has 1 saturated heterocycles. The molecule has 10 heteroatoms. The lowest BCUT2D eigenvalue weighted by Crippen LogP contribution is -2.56. The molecule has 2 aliphatic carbocycles. The molecule has 234 valence electrons. The fourth-order valence-electron chi connectivity index (χ4n) is 6.09. The highest BCUT2D eigenvalue weighted by Crippen LogP contribution is 2.46. The topological polar surface area (TPSA) is 117 Å². The predicted octanol–water partition coefficient (Wildman–Crippen LogP) is 4.44. The summed E-state index contributed by atoms with van der Waals surface area (Å²) in [4.78, 5) is 60.7. The molecule has 3 fully saturated rings. The number of halogens is 1. The van der Waals surface area contributed by atoms with E-state index in [2.05, 4.69) is 41.5 Å². The molecule has 5 rings (SSSR count). The summed E-state index contributed by atoms with van der Waals surface area (Å²) in [6, 6.07) is 5.77. The van der Waals surface area contributed by atoms with Crippen LogP contribution in [0.15, 0.2) is 29.4 Å². The lowest BCUT2D eigenvalue weighted by molar-refractivity contribution is -0.139. The number of nitrogens with zero attached hydrogens (tertiary/aromatic N) is 2. The highest BCUT2D eigenvalue weighted by Gasteiger charge is 2.54. The van der Waals surface area contributed by atoms with Gasteiger partial charge >= 0.3 is 0 Å². The number of Topliss-reactive ketones (excluding diaryl/α,β-unsaturated/α-hetero) is 2. The quantitative estimate of drug-likeness (QED) is 0.337. The highest BCUT2D eigenvalue weighted by molar-refractivity contribution is 6.39. The maximum atomic E-state index is 14.0. The fourth-order valence-corrected chi connectivity index (χ4v) is 6.28. The largest absolute Gasteiger partial charge is 0.387 e. The Morgan fingerprint density at radius 2 is 1.88 bits per heavy atom. The van der Waals surface area contributed by atoms with Crippen molar-refractivity contribution >= 4 is 40.7 Å². The van der Waals surface area contributed by atoms with Crippen LogP contribution in [0, 0.1) is 16.7 Å². The van der Waals surface area contributed by atoms with E-state index in [-0.39, 0.29) is 35.1 Å². The van der Waals surface area contributed by atoms with Crippen molar-refractivity contribution in [1.29, 1.82) is 0 Å². The Bertz CT molecular complexity index is 1310. The number of benzene rings is 1. The minimum absolute atomic E-state index is 0.0409. The predicted molar refractivity (Wildman–Crippen MR) is 165 cm³/mol. The van der Waals surface area contributed by atoms with Crippen LogP contribution in [0.2, 0.25) is 5.02 Å². The summed E-state index contributed by atoms with van der Waals surface area (Å²) in [7, 11) is 0. The third-order valence-corrected chi connectivity index (χ3v) is 9.84. The van der Waals surface area contributed by atoms with E-state index >= 15 is 0 Å². The average molecular weight is 613 g/mol. The molecule has 1 spiro atoms. The zero-order valence-electron chi connectivity index (χ0n) is 26.0. The number of carbonyl (C=O) groups excluding carboxylic acids is 4. The number of rotatable bonds is 12. The summed E-state index contributed by atoms with van der Waals surface area (Å²) in [6.45, 7) is 10.8.